The number of likely N-dealkylation sites (tertiary alicyclic amines) is 1. The largest absolute Gasteiger partial charge is 0.492 e. The van der Waals surface area contributed by atoms with Gasteiger partial charge < -0.3 is 19.8 Å². The van der Waals surface area contributed by atoms with Crippen molar-refractivity contribution in [2.75, 3.05) is 39.5 Å². The first-order valence-corrected chi connectivity index (χ1v) is 12.7. The van der Waals surface area contributed by atoms with Crippen LogP contribution in [0.3, 0.4) is 0 Å². The Balaban J connectivity index is 0.000000493. The van der Waals surface area contributed by atoms with Crippen LogP contribution in [-0.2, 0) is 9.59 Å². The van der Waals surface area contributed by atoms with E-state index < -0.39 is 11.9 Å². The number of rotatable bonds is 8. The van der Waals surface area contributed by atoms with Crippen molar-refractivity contribution in [3.63, 3.8) is 0 Å². The smallest absolute Gasteiger partial charge is 0.328 e. The Morgan fingerprint density at radius 2 is 1.67 bits per heavy atom. The van der Waals surface area contributed by atoms with Crippen molar-refractivity contribution in [3.8, 4) is 5.75 Å². The van der Waals surface area contributed by atoms with Gasteiger partial charge in [-0.05, 0) is 55.5 Å². The molecule has 0 unspecified atom stereocenters. The summed E-state index contributed by atoms with van der Waals surface area (Å²) in [5.74, 6) is -2.03. The standard InChI is InChI=1S/C22H28FN3OS.C4H4O4/c1-25(22(28-2)24-19-6-4-3-5-7-19)20-12-14-26(15-13-20)16-17-27-21-10-8-18(23)9-11-21;5-3(6)1-2-4(7)8/h3-11,20H,12-17H2,1-2H3;1-2H,(H,5,6)(H,7,8)/b;2-1+. The summed E-state index contributed by atoms with van der Waals surface area (Å²) in [4.78, 5) is 28.7. The fourth-order valence-corrected chi connectivity index (χ4v) is 4.17. The Hall–Kier alpha value is -3.37. The van der Waals surface area contributed by atoms with E-state index in [1.165, 1.54) is 12.1 Å². The lowest BCUT2D eigenvalue weighted by Crippen LogP contribution is -2.45. The zero-order valence-electron chi connectivity index (χ0n) is 20.4. The number of amidine groups is 1. The fraction of sp³-hybridized carbons (Fsp3) is 0.346. The number of carboxylic acid groups (broad SMARTS) is 2. The van der Waals surface area contributed by atoms with Gasteiger partial charge >= 0.3 is 11.9 Å². The molecule has 3 rings (SSSR count). The summed E-state index contributed by atoms with van der Waals surface area (Å²) < 4.78 is 18.6. The molecule has 36 heavy (non-hydrogen) atoms. The molecule has 10 heteroatoms. The lowest BCUT2D eigenvalue weighted by molar-refractivity contribution is -0.134. The van der Waals surface area contributed by atoms with Gasteiger partial charge in [0.1, 0.15) is 18.2 Å². The maximum Gasteiger partial charge on any atom is 0.328 e. The predicted molar refractivity (Wildman–Crippen MR) is 141 cm³/mol. The number of hydrogen-bond donors (Lipinski definition) is 2. The minimum Gasteiger partial charge on any atom is -0.492 e. The van der Waals surface area contributed by atoms with E-state index in [1.54, 1.807) is 23.9 Å². The Bertz CT molecular complexity index is 994. The van der Waals surface area contributed by atoms with Crippen molar-refractivity contribution in [2.24, 2.45) is 4.99 Å². The predicted octanol–water partition coefficient (Wildman–Crippen LogP) is 4.36. The van der Waals surface area contributed by atoms with Crippen LogP contribution in [0.4, 0.5) is 10.1 Å². The first-order chi connectivity index (χ1) is 17.3. The third-order valence-corrected chi connectivity index (χ3v) is 6.17. The Labute approximate surface area is 215 Å². The number of aliphatic imine (C=N–C) groups is 1. The topological polar surface area (TPSA) is 103 Å². The normalized spacial score (nSPS) is 14.7. The molecule has 0 spiro atoms. The van der Waals surface area contributed by atoms with Gasteiger partial charge in [0.25, 0.3) is 0 Å². The van der Waals surface area contributed by atoms with Gasteiger partial charge in [-0.25, -0.2) is 19.0 Å². The Morgan fingerprint density at radius 3 is 2.19 bits per heavy atom. The number of ether oxygens (including phenoxy) is 1. The van der Waals surface area contributed by atoms with Crippen LogP contribution in [0.1, 0.15) is 12.8 Å². The van der Waals surface area contributed by atoms with Crippen LogP contribution < -0.4 is 4.74 Å². The second kappa shape index (κ2) is 15.6. The van der Waals surface area contributed by atoms with Gasteiger partial charge in [0.05, 0.1) is 5.69 Å². The molecule has 1 fully saturated rings. The summed E-state index contributed by atoms with van der Waals surface area (Å²) >= 11 is 1.70. The van der Waals surface area contributed by atoms with Gasteiger partial charge in [-0.2, -0.15) is 0 Å². The first kappa shape index (κ1) is 28.9. The summed E-state index contributed by atoms with van der Waals surface area (Å²) in [6, 6.07) is 16.8. The molecule has 2 N–H and O–H groups in total. The fourth-order valence-electron chi connectivity index (χ4n) is 3.53. The number of benzene rings is 2. The number of para-hydroxylation sites is 1. The monoisotopic (exact) mass is 517 g/mol. The number of aliphatic carboxylic acids is 2. The van der Waals surface area contributed by atoms with E-state index in [0.29, 0.717) is 24.8 Å². The minimum atomic E-state index is -1.26. The summed E-state index contributed by atoms with van der Waals surface area (Å²) in [6.07, 6.45) is 5.42. The van der Waals surface area contributed by atoms with E-state index in [4.69, 9.17) is 19.9 Å². The maximum absolute atomic E-state index is 12.9. The SMILES string of the molecule is CSC(=Nc1ccccc1)N(C)C1CCN(CCOc2ccc(F)cc2)CC1.O=C(O)/C=C/C(=O)O. The zero-order valence-corrected chi connectivity index (χ0v) is 21.2. The molecular weight excluding hydrogens is 485 g/mol. The van der Waals surface area contributed by atoms with Crippen LogP contribution in [-0.4, -0.2) is 82.7 Å². The quantitative estimate of drug-likeness (QED) is 0.303. The second-order valence-electron chi connectivity index (χ2n) is 7.93. The van der Waals surface area contributed by atoms with E-state index >= 15 is 0 Å². The lowest BCUT2D eigenvalue weighted by atomic mass is 10.0. The molecule has 1 aliphatic rings. The highest BCUT2D eigenvalue weighted by Gasteiger charge is 2.24. The van der Waals surface area contributed by atoms with Crippen LogP contribution in [0.5, 0.6) is 5.75 Å². The first-order valence-electron chi connectivity index (χ1n) is 11.4. The third-order valence-electron chi connectivity index (χ3n) is 5.43. The summed E-state index contributed by atoms with van der Waals surface area (Å²) in [5.41, 5.74) is 0.995. The second-order valence-corrected chi connectivity index (χ2v) is 8.70. The molecule has 0 saturated carbocycles. The molecule has 0 bridgehead atoms. The molecule has 2 aromatic rings. The van der Waals surface area contributed by atoms with Crippen molar-refractivity contribution in [1.29, 1.82) is 0 Å². The van der Waals surface area contributed by atoms with Crippen molar-refractivity contribution in [3.05, 3.63) is 72.6 Å². The molecule has 0 aliphatic carbocycles. The number of thioether (sulfide) groups is 1. The number of hydrogen-bond acceptors (Lipinski definition) is 6. The molecule has 1 saturated heterocycles. The van der Waals surface area contributed by atoms with E-state index in [-0.39, 0.29) is 5.82 Å². The highest BCUT2D eigenvalue weighted by molar-refractivity contribution is 8.13. The lowest BCUT2D eigenvalue weighted by Gasteiger charge is -2.37. The average molecular weight is 518 g/mol. The van der Waals surface area contributed by atoms with E-state index in [2.05, 4.69) is 23.1 Å². The van der Waals surface area contributed by atoms with E-state index in [1.807, 2.05) is 30.3 Å². The molecule has 8 nitrogen and oxygen atoms in total. The number of piperidine rings is 1. The molecule has 0 atom stereocenters. The highest BCUT2D eigenvalue weighted by atomic mass is 32.2. The van der Waals surface area contributed by atoms with Crippen molar-refractivity contribution < 1.29 is 28.9 Å². The van der Waals surface area contributed by atoms with Crippen LogP contribution >= 0.6 is 11.8 Å². The summed E-state index contributed by atoms with van der Waals surface area (Å²) in [5, 5.41) is 16.7. The summed E-state index contributed by atoms with van der Waals surface area (Å²) in [7, 11) is 2.15. The molecule has 0 aromatic heterocycles. The number of carbonyl (C=O) groups is 2. The Morgan fingerprint density at radius 1 is 1.08 bits per heavy atom. The van der Waals surface area contributed by atoms with Gasteiger partial charge in [-0.15, -0.1) is 0 Å². The number of halogens is 1. The van der Waals surface area contributed by atoms with Gasteiger partial charge in [0, 0.05) is 44.9 Å². The maximum atomic E-state index is 12.9. The molecule has 1 aliphatic heterocycles. The Kier molecular flexibility index (Phi) is 12.5. The van der Waals surface area contributed by atoms with Gasteiger partial charge in [-0.1, -0.05) is 30.0 Å². The van der Waals surface area contributed by atoms with Gasteiger partial charge in [-0.3, -0.25) is 4.90 Å². The van der Waals surface area contributed by atoms with Crippen LogP contribution in [0.25, 0.3) is 0 Å². The highest BCUT2D eigenvalue weighted by Crippen LogP contribution is 2.21. The van der Waals surface area contributed by atoms with Crippen LogP contribution in [0.15, 0.2) is 71.7 Å². The van der Waals surface area contributed by atoms with Crippen molar-refractivity contribution >= 4 is 34.6 Å². The summed E-state index contributed by atoms with van der Waals surface area (Å²) in [6.45, 7) is 3.61. The van der Waals surface area contributed by atoms with Crippen molar-refractivity contribution in [1.82, 2.24) is 9.80 Å². The molecule has 0 radical (unpaired) electrons. The zero-order chi connectivity index (χ0) is 26.3. The van der Waals surface area contributed by atoms with E-state index in [0.717, 1.165) is 49.1 Å². The molecule has 1 heterocycles. The molecular formula is C26H32FN3O5S. The van der Waals surface area contributed by atoms with E-state index in [9.17, 15) is 14.0 Å². The van der Waals surface area contributed by atoms with Crippen LogP contribution in [0.2, 0.25) is 0 Å². The van der Waals surface area contributed by atoms with Crippen molar-refractivity contribution in [2.45, 2.75) is 18.9 Å². The molecule has 2 aromatic carbocycles. The number of nitrogens with zero attached hydrogens (tertiary/aromatic N) is 3. The minimum absolute atomic E-state index is 0.237. The molecule has 0 amide bonds. The van der Waals surface area contributed by atoms with Gasteiger partial charge in [0.2, 0.25) is 0 Å². The third kappa shape index (κ3) is 10.9. The number of carboxylic acids is 2. The van der Waals surface area contributed by atoms with Crippen LogP contribution in [0, 0.1) is 5.82 Å². The van der Waals surface area contributed by atoms with Gasteiger partial charge in [0.15, 0.2) is 5.17 Å². The molecule has 194 valence electrons. The average Bonchev–Trinajstić information content (AvgIpc) is 2.88.